The summed E-state index contributed by atoms with van der Waals surface area (Å²) in [6.45, 7) is 14.2. The van der Waals surface area contributed by atoms with Crippen LogP contribution < -0.4 is 0 Å². The lowest BCUT2D eigenvalue weighted by Crippen LogP contribution is -2.43. The van der Waals surface area contributed by atoms with Gasteiger partial charge in [-0.15, -0.1) is 0 Å². The molecule has 6 nitrogen and oxygen atoms in total. The molecule has 0 aliphatic heterocycles. The first-order valence-electron chi connectivity index (χ1n) is 8.46. The Balaban J connectivity index is 2.80. The summed E-state index contributed by atoms with van der Waals surface area (Å²) in [5.74, 6) is -0.0648. The molecule has 0 aromatic carbocycles. The Morgan fingerprint density at radius 2 is 1.88 bits per heavy atom. The Morgan fingerprint density at radius 3 is 2.36 bits per heavy atom. The van der Waals surface area contributed by atoms with Gasteiger partial charge in [-0.25, -0.2) is 4.79 Å². The average Bonchev–Trinajstić information content (AvgIpc) is 2.85. The Labute approximate surface area is 151 Å². The predicted molar refractivity (Wildman–Crippen MR) is 98.1 cm³/mol. The third-order valence-corrected chi connectivity index (χ3v) is 9.62. The molecule has 0 unspecified atom stereocenters. The number of carbonyl (C=O) groups is 1. The number of aliphatic hydroxyl groups is 2. The molecule has 0 saturated heterocycles. The molecule has 0 amide bonds. The van der Waals surface area contributed by atoms with E-state index in [1.807, 2.05) is 0 Å². The van der Waals surface area contributed by atoms with Crippen molar-refractivity contribution in [2.75, 3.05) is 13.7 Å². The molecular weight excluding hydrogens is 340 g/mol. The van der Waals surface area contributed by atoms with Gasteiger partial charge in [0.25, 0.3) is 0 Å². The number of carbonyl (C=O) groups excluding carboxylic acids is 1. The molecule has 0 saturated carbocycles. The molecule has 2 atom stereocenters. The van der Waals surface area contributed by atoms with Gasteiger partial charge in [0, 0.05) is 13.0 Å². The zero-order chi connectivity index (χ0) is 19.6. The van der Waals surface area contributed by atoms with E-state index in [0.29, 0.717) is 12.4 Å². The Hall–Kier alpha value is -1.15. The van der Waals surface area contributed by atoms with Gasteiger partial charge in [0.15, 0.2) is 8.32 Å². The highest BCUT2D eigenvalue weighted by molar-refractivity contribution is 6.74. The van der Waals surface area contributed by atoms with Crippen LogP contribution in [0.2, 0.25) is 18.1 Å². The molecule has 25 heavy (non-hydrogen) atoms. The second-order valence-corrected chi connectivity index (χ2v) is 13.0. The molecule has 7 heteroatoms. The summed E-state index contributed by atoms with van der Waals surface area (Å²) in [6, 6.07) is 1.41. The van der Waals surface area contributed by atoms with Gasteiger partial charge in [-0.2, -0.15) is 0 Å². The van der Waals surface area contributed by atoms with Crippen LogP contribution in [-0.2, 0) is 9.16 Å². The van der Waals surface area contributed by atoms with Crippen LogP contribution in [-0.4, -0.2) is 43.8 Å². The van der Waals surface area contributed by atoms with E-state index in [0.717, 1.165) is 0 Å². The molecular formula is C18H32O6Si. The lowest BCUT2D eigenvalue weighted by Gasteiger charge is -2.37. The van der Waals surface area contributed by atoms with Gasteiger partial charge in [-0.05, 0) is 38.0 Å². The van der Waals surface area contributed by atoms with Gasteiger partial charge in [-0.1, -0.05) is 20.8 Å². The molecule has 0 radical (unpaired) electrons. The van der Waals surface area contributed by atoms with Crippen LogP contribution >= 0.6 is 0 Å². The summed E-state index contributed by atoms with van der Waals surface area (Å²) in [6.07, 6.45) is -1.03. The summed E-state index contributed by atoms with van der Waals surface area (Å²) in [5, 5.41) is 21.2. The summed E-state index contributed by atoms with van der Waals surface area (Å²) in [4.78, 5) is 11.7. The van der Waals surface area contributed by atoms with E-state index in [4.69, 9.17) is 8.84 Å². The number of esters is 1. The van der Waals surface area contributed by atoms with Crippen molar-refractivity contribution >= 4 is 14.3 Å². The maximum Gasteiger partial charge on any atom is 0.341 e. The van der Waals surface area contributed by atoms with Gasteiger partial charge in [0.2, 0.25) is 0 Å². The van der Waals surface area contributed by atoms with Crippen molar-refractivity contribution in [3.05, 3.63) is 23.2 Å². The summed E-state index contributed by atoms with van der Waals surface area (Å²) in [5.41, 5.74) is -1.20. The van der Waals surface area contributed by atoms with Gasteiger partial charge in [-0.3, -0.25) is 0 Å². The minimum atomic E-state index is -1.92. The number of aliphatic hydroxyl groups excluding tert-OH is 1. The highest BCUT2D eigenvalue weighted by Gasteiger charge is 2.39. The third kappa shape index (κ3) is 5.16. The molecule has 0 bridgehead atoms. The van der Waals surface area contributed by atoms with E-state index in [9.17, 15) is 15.0 Å². The van der Waals surface area contributed by atoms with Crippen molar-refractivity contribution in [1.29, 1.82) is 0 Å². The first-order valence-corrected chi connectivity index (χ1v) is 11.4. The van der Waals surface area contributed by atoms with Gasteiger partial charge < -0.3 is 23.8 Å². The topological polar surface area (TPSA) is 89.1 Å². The van der Waals surface area contributed by atoms with Crippen LogP contribution in [0.15, 0.2) is 10.5 Å². The number of methoxy groups -OCH3 is 1. The third-order valence-electron chi connectivity index (χ3n) is 5.08. The van der Waals surface area contributed by atoms with Crippen LogP contribution in [0.4, 0.5) is 0 Å². The largest absolute Gasteiger partial charge is 0.465 e. The van der Waals surface area contributed by atoms with Crippen LogP contribution in [0.5, 0.6) is 0 Å². The molecule has 1 aromatic rings. The van der Waals surface area contributed by atoms with Crippen molar-refractivity contribution in [2.24, 2.45) is 0 Å². The Morgan fingerprint density at radius 1 is 1.32 bits per heavy atom. The molecule has 144 valence electrons. The molecule has 0 spiro atoms. The number of hydrogen-bond acceptors (Lipinski definition) is 6. The van der Waals surface area contributed by atoms with Gasteiger partial charge in [0.05, 0.1) is 12.7 Å². The van der Waals surface area contributed by atoms with Crippen LogP contribution in [0, 0.1) is 6.92 Å². The number of ether oxygens (including phenoxy) is 1. The van der Waals surface area contributed by atoms with E-state index in [2.05, 4.69) is 38.6 Å². The van der Waals surface area contributed by atoms with E-state index in [1.165, 1.54) is 20.1 Å². The van der Waals surface area contributed by atoms with Crippen molar-refractivity contribution < 1.29 is 28.6 Å². The minimum Gasteiger partial charge on any atom is -0.465 e. The zero-order valence-electron chi connectivity index (χ0n) is 16.6. The molecule has 1 rings (SSSR count). The van der Waals surface area contributed by atoms with E-state index in [-0.39, 0.29) is 22.8 Å². The molecule has 1 heterocycles. The minimum absolute atomic E-state index is 0.0744. The highest BCUT2D eigenvalue weighted by atomic mass is 28.4. The highest BCUT2D eigenvalue weighted by Crippen LogP contribution is 2.37. The predicted octanol–water partition coefficient (Wildman–Crippen LogP) is 3.57. The maximum atomic E-state index is 11.7. The van der Waals surface area contributed by atoms with E-state index >= 15 is 0 Å². The molecule has 0 aliphatic carbocycles. The van der Waals surface area contributed by atoms with Crippen LogP contribution in [0.3, 0.4) is 0 Å². The fourth-order valence-electron chi connectivity index (χ4n) is 2.12. The molecule has 2 N–H and O–H groups in total. The van der Waals surface area contributed by atoms with Crippen LogP contribution in [0.1, 0.15) is 62.1 Å². The fraction of sp³-hybridized carbons (Fsp3) is 0.722. The summed E-state index contributed by atoms with van der Waals surface area (Å²) < 4.78 is 16.2. The van der Waals surface area contributed by atoms with Crippen LogP contribution in [0.25, 0.3) is 0 Å². The summed E-state index contributed by atoms with van der Waals surface area (Å²) in [7, 11) is -0.644. The van der Waals surface area contributed by atoms with E-state index < -0.39 is 26.0 Å². The average molecular weight is 373 g/mol. The second kappa shape index (κ2) is 7.61. The monoisotopic (exact) mass is 372 g/mol. The molecule has 1 aromatic heterocycles. The number of hydrogen-bond donors (Lipinski definition) is 2. The van der Waals surface area contributed by atoms with Crippen molar-refractivity contribution in [1.82, 2.24) is 0 Å². The standard InChI is InChI=1S/C18H32O6Si/c1-12-13(16(20)22-6)11-14(24-12)15(19)18(5,21)9-10-23-25(7,8)17(2,3)4/h11,15,19,21H,9-10H2,1-8H3/t15-,18-/m0/s1. The first kappa shape index (κ1) is 21.9. The normalized spacial score (nSPS) is 16.4. The zero-order valence-corrected chi connectivity index (χ0v) is 17.6. The summed E-state index contributed by atoms with van der Waals surface area (Å²) >= 11 is 0. The number of rotatable bonds is 7. The van der Waals surface area contributed by atoms with E-state index in [1.54, 1.807) is 6.92 Å². The lowest BCUT2D eigenvalue weighted by atomic mass is 9.93. The second-order valence-electron chi connectivity index (χ2n) is 8.23. The quantitative estimate of drug-likeness (QED) is 0.562. The lowest BCUT2D eigenvalue weighted by molar-refractivity contribution is -0.0839. The van der Waals surface area contributed by atoms with Gasteiger partial charge in [0.1, 0.15) is 23.2 Å². The Bertz CT molecular complexity index is 597. The smallest absolute Gasteiger partial charge is 0.341 e. The maximum absolute atomic E-state index is 11.7. The van der Waals surface area contributed by atoms with Crippen molar-refractivity contribution in [2.45, 2.75) is 70.9 Å². The molecule has 0 fully saturated rings. The Kier molecular flexibility index (Phi) is 6.67. The number of furan rings is 1. The van der Waals surface area contributed by atoms with Crippen molar-refractivity contribution in [3.63, 3.8) is 0 Å². The molecule has 0 aliphatic rings. The number of aryl methyl sites for hydroxylation is 1. The SMILES string of the molecule is COC(=O)c1cc([C@H](O)[C@@](C)(O)CCO[Si](C)(C)C(C)(C)C)oc1C. The first-order chi connectivity index (χ1) is 11.2. The fourth-order valence-corrected chi connectivity index (χ4v) is 3.17. The van der Waals surface area contributed by atoms with Gasteiger partial charge >= 0.3 is 5.97 Å². The van der Waals surface area contributed by atoms with Crippen molar-refractivity contribution in [3.8, 4) is 0 Å².